The van der Waals surface area contributed by atoms with Gasteiger partial charge in [-0.1, -0.05) is 18.2 Å². The van der Waals surface area contributed by atoms with Gasteiger partial charge in [-0.15, -0.1) is 11.3 Å². The molecule has 0 unspecified atom stereocenters. The van der Waals surface area contributed by atoms with Crippen LogP contribution < -0.4 is 0 Å². The van der Waals surface area contributed by atoms with Crippen LogP contribution in [0.5, 0.6) is 0 Å². The van der Waals surface area contributed by atoms with Crippen molar-refractivity contribution in [1.29, 1.82) is 0 Å². The van der Waals surface area contributed by atoms with Gasteiger partial charge in [-0.05, 0) is 29.9 Å². The van der Waals surface area contributed by atoms with Gasteiger partial charge in [0.25, 0.3) is 0 Å². The van der Waals surface area contributed by atoms with E-state index in [1.807, 2.05) is 29.2 Å². The molecule has 1 aromatic heterocycles. The third kappa shape index (κ3) is 2.29. The second kappa shape index (κ2) is 5.25. The Labute approximate surface area is 120 Å². The predicted octanol–water partition coefficient (Wildman–Crippen LogP) is 2.76. The number of fused-ring (bicyclic) bond motifs is 1. The van der Waals surface area contributed by atoms with Gasteiger partial charge in [0.2, 0.25) is 5.91 Å². The summed E-state index contributed by atoms with van der Waals surface area (Å²) in [5.41, 5.74) is 0.662. The first-order valence-electron chi connectivity index (χ1n) is 6.68. The highest BCUT2D eigenvalue weighted by Crippen LogP contribution is 2.32. The molecule has 0 atom stereocenters. The zero-order valence-corrected chi connectivity index (χ0v) is 11.8. The molecular formula is C15H15NO3S. The Morgan fingerprint density at radius 3 is 2.60 bits per heavy atom. The molecule has 1 aromatic carbocycles. The molecule has 0 saturated carbocycles. The summed E-state index contributed by atoms with van der Waals surface area (Å²) in [6, 6.07) is 7.56. The largest absolute Gasteiger partial charge is 0.477 e. The highest BCUT2D eigenvalue weighted by atomic mass is 32.1. The molecular weight excluding hydrogens is 274 g/mol. The number of thiophene rings is 1. The van der Waals surface area contributed by atoms with Gasteiger partial charge in [-0.25, -0.2) is 4.79 Å². The second-order valence-electron chi connectivity index (χ2n) is 4.98. The topological polar surface area (TPSA) is 57.6 Å². The first-order chi connectivity index (χ1) is 9.66. The van der Waals surface area contributed by atoms with Crippen molar-refractivity contribution in [3.05, 3.63) is 34.7 Å². The molecule has 0 spiro atoms. The number of rotatable bonds is 3. The van der Waals surface area contributed by atoms with Crippen LogP contribution in [0.3, 0.4) is 0 Å². The molecule has 0 radical (unpaired) electrons. The summed E-state index contributed by atoms with van der Waals surface area (Å²) in [4.78, 5) is 25.8. The van der Waals surface area contributed by atoms with Gasteiger partial charge in [0.05, 0.1) is 6.42 Å². The van der Waals surface area contributed by atoms with Crippen LogP contribution in [0.1, 0.15) is 28.1 Å². The minimum Gasteiger partial charge on any atom is -0.477 e. The number of carbonyl (C=O) groups excluding carboxylic acids is 1. The van der Waals surface area contributed by atoms with Gasteiger partial charge >= 0.3 is 5.97 Å². The van der Waals surface area contributed by atoms with Crippen LogP contribution in [0, 0.1) is 0 Å². The molecule has 1 aliphatic heterocycles. The minimum absolute atomic E-state index is 0.0357. The predicted molar refractivity (Wildman–Crippen MR) is 78.3 cm³/mol. The van der Waals surface area contributed by atoms with E-state index < -0.39 is 5.97 Å². The highest BCUT2D eigenvalue weighted by Gasteiger charge is 2.23. The average Bonchev–Trinajstić information content (AvgIpc) is 3.06. The number of benzene rings is 1. The molecule has 1 aliphatic rings. The maximum Gasteiger partial charge on any atom is 0.346 e. The van der Waals surface area contributed by atoms with Crippen molar-refractivity contribution >= 4 is 33.3 Å². The standard InChI is InChI=1S/C15H15NO3S/c17-13(16-7-3-4-8-16)9-11-10-5-1-2-6-12(10)20-14(11)15(18)19/h1-2,5-6H,3-4,7-9H2,(H,18,19). The van der Waals surface area contributed by atoms with Gasteiger partial charge in [0, 0.05) is 17.8 Å². The van der Waals surface area contributed by atoms with Crippen molar-refractivity contribution in [3.63, 3.8) is 0 Å². The highest BCUT2D eigenvalue weighted by molar-refractivity contribution is 7.21. The molecule has 0 aliphatic carbocycles. The Bertz CT molecular complexity index is 671. The molecule has 2 aromatic rings. The summed E-state index contributed by atoms with van der Waals surface area (Å²) in [6.45, 7) is 1.59. The van der Waals surface area contributed by atoms with Crippen LogP contribution in [0.25, 0.3) is 10.1 Å². The fraction of sp³-hybridized carbons (Fsp3) is 0.333. The van der Waals surface area contributed by atoms with E-state index in [9.17, 15) is 14.7 Å². The van der Waals surface area contributed by atoms with Crippen molar-refractivity contribution in [2.75, 3.05) is 13.1 Å². The van der Waals surface area contributed by atoms with Gasteiger partial charge in [-0.2, -0.15) is 0 Å². The summed E-state index contributed by atoms with van der Waals surface area (Å²) in [6.07, 6.45) is 2.27. The number of likely N-dealkylation sites (tertiary alicyclic amines) is 1. The van der Waals surface area contributed by atoms with Crippen LogP contribution in [-0.2, 0) is 11.2 Å². The van der Waals surface area contributed by atoms with E-state index in [4.69, 9.17) is 0 Å². The summed E-state index contributed by atoms with van der Waals surface area (Å²) in [5, 5.41) is 10.2. The Morgan fingerprint density at radius 2 is 1.90 bits per heavy atom. The third-order valence-corrected chi connectivity index (χ3v) is 4.88. The Kier molecular flexibility index (Phi) is 3.44. The molecule has 5 heteroatoms. The number of carboxylic acids is 1. The summed E-state index contributed by atoms with van der Waals surface area (Å²) >= 11 is 1.25. The molecule has 1 amide bonds. The Morgan fingerprint density at radius 1 is 1.20 bits per heavy atom. The van der Waals surface area contributed by atoms with Crippen molar-refractivity contribution < 1.29 is 14.7 Å². The number of hydrogen-bond donors (Lipinski definition) is 1. The van der Waals surface area contributed by atoms with Gasteiger partial charge < -0.3 is 10.0 Å². The molecule has 1 saturated heterocycles. The normalized spacial score (nSPS) is 14.9. The summed E-state index contributed by atoms with van der Waals surface area (Å²) in [7, 11) is 0. The first kappa shape index (κ1) is 13.1. The number of nitrogens with zero attached hydrogens (tertiary/aromatic N) is 1. The average molecular weight is 289 g/mol. The SMILES string of the molecule is O=C(O)c1sc2ccccc2c1CC(=O)N1CCCC1. The van der Waals surface area contributed by atoms with Crippen LogP contribution in [0.15, 0.2) is 24.3 Å². The molecule has 0 bridgehead atoms. The number of carboxylic acid groups (broad SMARTS) is 1. The van der Waals surface area contributed by atoms with E-state index in [-0.39, 0.29) is 12.3 Å². The van der Waals surface area contributed by atoms with Crippen molar-refractivity contribution in [2.45, 2.75) is 19.3 Å². The van der Waals surface area contributed by atoms with Crippen LogP contribution in [-0.4, -0.2) is 35.0 Å². The second-order valence-corrected chi connectivity index (χ2v) is 6.03. The number of aromatic carboxylic acids is 1. The molecule has 1 N–H and O–H groups in total. The molecule has 104 valence electrons. The van der Waals surface area contributed by atoms with E-state index in [0.717, 1.165) is 36.0 Å². The fourth-order valence-corrected chi connectivity index (χ4v) is 3.74. The number of hydrogen-bond acceptors (Lipinski definition) is 3. The van der Waals surface area contributed by atoms with Crippen LogP contribution in [0.2, 0.25) is 0 Å². The molecule has 1 fully saturated rings. The zero-order chi connectivity index (χ0) is 14.1. The van der Waals surface area contributed by atoms with E-state index in [1.54, 1.807) is 0 Å². The molecule has 4 nitrogen and oxygen atoms in total. The van der Waals surface area contributed by atoms with Crippen LogP contribution in [0.4, 0.5) is 0 Å². The van der Waals surface area contributed by atoms with E-state index in [1.165, 1.54) is 11.3 Å². The van der Waals surface area contributed by atoms with Gasteiger partial charge in [0.15, 0.2) is 0 Å². The molecule has 3 rings (SSSR count). The fourth-order valence-electron chi connectivity index (χ4n) is 2.68. The van der Waals surface area contributed by atoms with Crippen molar-refractivity contribution in [1.82, 2.24) is 4.90 Å². The quantitative estimate of drug-likeness (QED) is 0.945. The van der Waals surface area contributed by atoms with Crippen molar-refractivity contribution in [2.24, 2.45) is 0 Å². The van der Waals surface area contributed by atoms with Crippen molar-refractivity contribution in [3.8, 4) is 0 Å². The summed E-state index contributed by atoms with van der Waals surface area (Å²) < 4.78 is 0.925. The van der Waals surface area contributed by atoms with E-state index in [2.05, 4.69) is 0 Å². The minimum atomic E-state index is -0.949. The lowest BCUT2D eigenvalue weighted by Gasteiger charge is -2.15. The lowest BCUT2D eigenvalue weighted by atomic mass is 10.1. The molecule has 20 heavy (non-hydrogen) atoms. The third-order valence-electron chi connectivity index (χ3n) is 3.68. The number of carbonyl (C=O) groups is 2. The zero-order valence-electron chi connectivity index (χ0n) is 11.0. The Balaban J connectivity index is 1.98. The van der Waals surface area contributed by atoms with Gasteiger partial charge in [0.1, 0.15) is 4.88 Å². The van der Waals surface area contributed by atoms with E-state index in [0.29, 0.717) is 10.4 Å². The summed E-state index contributed by atoms with van der Waals surface area (Å²) in [5.74, 6) is -0.913. The maximum absolute atomic E-state index is 12.3. The van der Waals surface area contributed by atoms with Gasteiger partial charge in [-0.3, -0.25) is 4.79 Å². The monoisotopic (exact) mass is 289 g/mol. The number of amides is 1. The first-order valence-corrected chi connectivity index (χ1v) is 7.50. The lowest BCUT2D eigenvalue weighted by Crippen LogP contribution is -2.29. The maximum atomic E-state index is 12.3. The lowest BCUT2D eigenvalue weighted by molar-refractivity contribution is -0.129. The van der Waals surface area contributed by atoms with E-state index >= 15 is 0 Å². The smallest absolute Gasteiger partial charge is 0.346 e. The van der Waals surface area contributed by atoms with Crippen LogP contribution >= 0.6 is 11.3 Å². The Hall–Kier alpha value is -1.88. The molecule has 2 heterocycles.